The second-order valence-corrected chi connectivity index (χ2v) is 7.49. The van der Waals surface area contributed by atoms with Crippen LogP contribution in [0.15, 0.2) is 94.8 Å². The lowest BCUT2D eigenvalue weighted by Gasteiger charge is -2.15. The smallest absolute Gasteiger partial charge is 0.308 e. The minimum absolute atomic E-state index is 0.154. The van der Waals surface area contributed by atoms with E-state index in [2.05, 4.69) is 4.99 Å². The van der Waals surface area contributed by atoms with Gasteiger partial charge in [-0.25, -0.2) is 4.99 Å². The average molecular weight is 414 g/mol. The number of anilines is 1. The molecule has 0 aromatic heterocycles. The maximum absolute atomic E-state index is 13.2. The van der Waals surface area contributed by atoms with E-state index in [4.69, 9.17) is 4.74 Å². The molecule has 1 aliphatic heterocycles. The van der Waals surface area contributed by atoms with Gasteiger partial charge in [0.2, 0.25) is 0 Å². The van der Waals surface area contributed by atoms with Gasteiger partial charge in [-0.05, 0) is 59.8 Å². The first-order chi connectivity index (χ1) is 14.6. The third kappa shape index (κ3) is 4.50. The number of carbonyl (C=O) groups excluding carboxylic acids is 2. The summed E-state index contributed by atoms with van der Waals surface area (Å²) in [6, 6.07) is 26.0. The van der Waals surface area contributed by atoms with Crippen molar-refractivity contribution < 1.29 is 14.3 Å². The van der Waals surface area contributed by atoms with Crippen LogP contribution in [-0.2, 0) is 9.59 Å². The van der Waals surface area contributed by atoms with Crippen LogP contribution >= 0.6 is 11.8 Å². The van der Waals surface area contributed by atoms with E-state index in [1.807, 2.05) is 66.7 Å². The van der Waals surface area contributed by atoms with Crippen LogP contribution in [0.5, 0.6) is 5.75 Å². The standard InChI is InChI=1S/C24H18N2O3S/c1-17(27)29-21-14-8-9-18(15-21)16-22-23(28)26(20-12-6-3-7-13-20)24(30-22)25-19-10-4-2-5-11-19/h2-16H,1H3/b22-16-,25-24?. The van der Waals surface area contributed by atoms with Crippen molar-refractivity contribution in [3.05, 3.63) is 95.4 Å². The van der Waals surface area contributed by atoms with E-state index in [1.54, 1.807) is 29.2 Å². The zero-order valence-corrected chi connectivity index (χ0v) is 17.0. The number of carbonyl (C=O) groups is 2. The van der Waals surface area contributed by atoms with Gasteiger partial charge in [0, 0.05) is 6.92 Å². The van der Waals surface area contributed by atoms with Crippen molar-refractivity contribution in [1.82, 2.24) is 0 Å². The molecule has 1 amide bonds. The summed E-state index contributed by atoms with van der Waals surface area (Å²) in [5.74, 6) is -0.109. The lowest BCUT2D eigenvalue weighted by atomic mass is 10.2. The van der Waals surface area contributed by atoms with Gasteiger partial charge in [-0.1, -0.05) is 48.5 Å². The van der Waals surface area contributed by atoms with Crippen LogP contribution in [0.4, 0.5) is 11.4 Å². The van der Waals surface area contributed by atoms with Crippen LogP contribution in [0, 0.1) is 0 Å². The molecule has 5 nitrogen and oxygen atoms in total. The van der Waals surface area contributed by atoms with Gasteiger partial charge in [0.1, 0.15) is 5.75 Å². The van der Waals surface area contributed by atoms with E-state index in [-0.39, 0.29) is 5.91 Å². The molecule has 0 N–H and O–H groups in total. The van der Waals surface area contributed by atoms with Gasteiger partial charge >= 0.3 is 5.97 Å². The van der Waals surface area contributed by atoms with E-state index < -0.39 is 5.97 Å². The fraction of sp³-hybridized carbons (Fsp3) is 0.0417. The number of nitrogens with zero attached hydrogens (tertiary/aromatic N) is 2. The van der Waals surface area contributed by atoms with Gasteiger partial charge in [0.05, 0.1) is 16.3 Å². The van der Waals surface area contributed by atoms with E-state index >= 15 is 0 Å². The van der Waals surface area contributed by atoms with Crippen LogP contribution in [-0.4, -0.2) is 17.0 Å². The van der Waals surface area contributed by atoms with Gasteiger partial charge in [-0.3, -0.25) is 14.5 Å². The summed E-state index contributed by atoms with van der Waals surface area (Å²) in [6.07, 6.45) is 1.78. The number of hydrogen-bond acceptors (Lipinski definition) is 5. The number of ether oxygens (including phenoxy) is 1. The molecule has 0 radical (unpaired) electrons. The molecular weight excluding hydrogens is 396 g/mol. The number of esters is 1. The Balaban J connectivity index is 1.72. The Hall–Kier alpha value is -3.64. The highest BCUT2D eigenvalue weighted by molar-refractivity contribution is 8.19. The molecule has 0 spiro atoms. The molecule has 1 saturated heterocycles. The summed E-state index contributed by atoms with van der Waals surface area (Å²) >= 11 is 1.31. The molecule has 0 bridgehead atoms. The third-order valence-electron chi connectivity index (χ3n) is 4.22. The van der Waals surface area contributed by atoms with Gasteiger partial charge in [0.15, 0.2) is 5.17 Å². The summed E-state index contributed by atoms with van der Waals surface area (Å²) in [6.45, 7) is 1.35. The van der Waals surface area contributed by atoms with Gasteiger partial charge in [0.25, 0.3) is 5.91 Å². The molecule has 0 saturated carbocycles. The highest BCUT2D eigenvalue weighted by Crippen LogP contribution is 2.37. The van der Waals surface area contributed by atoms with Crippen molar-refractivity contribution >= 4 is 46.3 Å². The van der Waals surface area contributed by atoms with E-state index in [9.17, 15) is 9.59 Å². The number of amidine groups is 1. The maximum atomic E-state index is 13.2. The summed E-state index contributed by atoms with van der Waals surface area (Å²) < 4.78 is 5.14. The third-order valence-corrected chi connectivity index (χ3v) is 5.19. The average Bonchev–Trinajstić information content (AvgIpc) is 3.04. The minimum Gasteiger partial charge on any atom is -0.427 e. The Kier molecular flexibility index (Phi) is 5.77. The zero-order chi connectivity index (χ0) is 20.9. The highest BCUT2D eigenvalue weighted by atomic mass is 32.2. The van der Waals surface area contributed by atoms with Crippen molar-refractivity contribution in [3.8, 4) is 5.75 Å². The molecule has 1 aliphatic rings. The number of thioether (sulfide) groups is 1. The van der Waals surface area contributed by atoms with E-state index in [0.717, 1.165) is 16.9 Å². The second-order valence-electron chi connectivity index (χ2n) is 6.48. The molecule has 3 aromatic rings. The van der Waals surface area contributed by atoms with Crippen LogP contribution < -0.4 is 9.64 Å². The lowest BCUT2D eigenvalue weighted by Crippen LogP contribution is -2.28. The fourth-order valence-corrected chi connectivity index (χ4v) is 3.95. The number of amides is 1. The first-order valence-corrected chi connectivity index (χ1v) is 10.1. The Labute approximate surface area is 178 Å². The molecule has 4 rings (SSSR count). The van der Waals surface area contributed by atoms with Crippen molar-refractivity contribution in [1.29, 1.82) is 0 Å². The van der Waals surface area contributed by atoms with Crippen LogP contribution in [0.2, 0.25) is 0 Å². The summed E-state index contributed by atoms with van der Waals surface area (Å²) in [7, 11) is 0. The number of benzene rings is 3. The monoisotopic (exact) mass is 414 g/mol. The Morgan fingerprint density at radius 1 is 0.967 bits per heavy atom. The molecule has 0 unspecified atom stereocenters. The Morgan fingerprint density at radius 2 is 1.67 bits per heavy atom. The van der Waals surface area contributed by atoms with Crippen molar-refractivity contribution in [2.75, 3.05) is 4.90 Å². The van der Waals surface area contributed by atoms with Gasteiger partial charge in [-0.15, -0.1) is 0 Å². The van der Waals surface area contributed by atoms with Crippen molar-refractivity contribution in [2.45, 2.75) is 6.92 Å². The molecular formula is C24H18N2O3S. The van der Waals surface area contributed by atoms with Crippen LogP contribution in [0.3, 0.4) is 0 Å². The van der Waals surface area contributed by atoms with Crippen LogP contribution in [0.25, 0.3) is 6.08 Å². The molecule has 148 valence electrons. The number of hydrogen-bond donors (Lipinski definition) is 0. The van der Waals surface area contributed by atoms with E-state index in [0.29, 0.717) is 15.8 Å². The number of rotatable bonds is 4. The summed E-state index contributed by atoms with van der Waals surface area (Å²) in [5.41, 5.74) is 2.28. The molecule has 1 heterocycles. The summed E-state index contributed by atoms with van der Waals surface area (Å²) in [4.78, 5) is 31.3. The first-order valence-electron chi connectivity index (χ1n) is 9.31. The first kappa shape index (κ1) is 19.7. The van der Waals surface area contributed by atoms with Crippen molar-refractivity contribution in [3.63, 3.8) is 0 Å². The minimum atomic E-state index is -0.390. The Bertz CT molecular complexity index is 1140. The molecule has 0 aliphatic carbocycles. The predicted octanol–water partition coefficient (Wildman–Crippen LogP) is 5.42. The highest BCUT2D eigenvalue weighted by Gasteiger charge is 2.34. The molecule has 3 aromatic carbocycles. The number of aliphatic imine (C=N–C) groups is 1. The number of para-hydroxylation sites is 2. The molecule has 0 atom stereocenters. The second kappa shape index (κ2) is 8.80. The summed E-state index contributed by atoms with van der Waals surface area (Å²) in [5, 5.41) is 0.583. The SMILES string of the molecule is CC(=O)Oc1cccc(/C=C2\SC(=Nc3ccccc3)N(c3ccccc3)C2=O)c1. The topological polar surface area (TPSA) is 59.0 Å². The predicted molar refractivity (Wildman–Crippen MR) is 121 cm³/mol. The maximum Gasteiger partial charge on any atom is 0.308 e. The lowest BCUT2D eigenvalue weighted by molar-refractivity contribution is -0.131. The Morgan fingerprint density at radius 3 is 2.37 bits per heavy atom. The van der Waals surface area contributed by atoms with Crippen LogP contribution in [0.1, 0.15) is 12.5 Å². The quantitative estimate of drug-likeness (QED) is 0.325. The van der Waals surface area contributed by atoms with Gasteiger partial charge < -0.3 is 4.74 Å². The van der Waals surface area contributed by atoms with Crippen molar-refractivity contribution in [2.24, 2.45) is 4.99 Å². The fourth-order valence-electron chi connectivity index (χ4n) is 2.95. The van der Waals surface area contributed by atoms with Gasteiger partial charge in [-0.2, -0.15) is 0 Å². The molecule has 30 heavy (non-hydrogen) atoms. The normalized spacial score (nSPS) is 16.3. The molecule has 1 fully saturated rings. The zero-order valence-electron chi connectivity index (χ0n) is 16.2. The molecule has 6 heteroatoms. The van der Waals surface area contributed by atoms with E-state index in [1.165, 1.54) is 18.7 Å². The largest absolute Gasteiger partial charge is 0.427 e.